The monoisotopic (exact) mass is 171 g/mol. The van der Waals surface area contributed by atoms with Crippen LogP contribution < -0.4 is 5.73 Å². The normalized spacial score (nSPS) is 28.8. The number of hydrogen-bond acceptors (Lipinski definition) is 3. The summed E-state index contributed by atoms with van der Waals surface area (Å²) in [4.78, 5) is 4.85. The quantitative estimate of drug-likeness (QED) is 0.633. The van der Waals surface area contributed by atoms with E-state index < -0.39 is 0 Å². The van der Waals surface area contributed by atoms with Crippen molar-refractivity contribution in [2.24, 2.45) is 5.73 Å². The molecular weight excluding hydrogens is 150 g/mol. The van der Waals surface area contributed by atoms with Crippen LogP contribution in [0, 0.1) is 0 Å². The maximum atomic E-state index is 5.57. The van der Waals surface area contributed by atoms with E-state index in [0.717, 1.165) is 13.0 Å². The van der Waals surface area contributed by atoms with E-state index in [9.17, 15) is 0 Å². The molecule has 0 amide bonds. The molecule has 0 spiro atoms. The van der Waals surface area contributed by atoms with E-state index in [1.54, 1.807) is 0 Å². The van der Waals surface area contributed by atoms with Gasteiger partial charge in [0.15, 0.2) is 0 Å². The zero-order valence-electron chi connectivity index (χ0n) is 8.29. The summed E-state index contributed by atoms with van der Waals surface area (Å²) >= 11 is 0. The molecule has 0 aliphatic carbocycles. The summed E-state index contributed by atoms with van der Waals surface area (Å²) in [5.74, 6) is 0. The van der Waals surface area contributed by atoms with Crippen molar-refractivity contribution in [1.82, 2.24) is 9.80 Å². The second-order valence-corrected chi connectivity index (χ2v) is 3.83. The molecule has 0 aromatic rings. The van der Waals surface area contributed by atoms with Crippen molar-refractivity contribution in [2.45, 2.75) is 18.9 Å². The van der Waals surface area contributed by atoms with E-state index >= 15 is 0 Å². The van der Waals surface area contributed by atoms with E-state index in [0.29, 0.717) is 6.04 Å². The highest BCUT2D eigenvalue weighted by Gasteiger charge is 2.18. The van der Waals surface area contributed by atoms with Gasteiger partial charge in [-0.1, -0.05) is 0 Å². The van der Waals surface area contributed by atoms with E-state index in [1.165, 1.54) is 26.1 Å². The lowest BCUT2D eigenvalue weighted by Gasteiger charge is -2.26. The highest BCUT2D eigenvalue weighted by atomic mass is 15.2. The zero-order valence-corrected chi connectivity index (χ0v) is 8.29. The Kier molecular flexibility index (Phi) is 3.98. The van der Waals surface area contributed by atoms with E-state index in [2.05, 4.69) is 23.9 Å². The first kappa shape index (κ1) is 9.96. The van der Waals surface area contributed by atoms with Crippen LogP contribution in [0.2, 0.25) is 0 Å². The lowest BCUT2D eigenvalue weighted by Crippen LogP contribution is -2.38. The maximum absolute atomic E-state index is 5.57. The lowest BCUT2D eigenvalue weighted by molar-refractivity contribution is 0.217. The molecule has 3 nitrogen and oxygen atoms in total. The van der Waals surface area contributed by atoms with Gasteiger partial charge in [0.25, 0.3) is 0 Å². The van der Waals surface area contributed by atoms with Crippen LogP contribution in [0.3, 0.4) is 0 Å². The highest BCUT2D eigenvalue weighted by Crippen LogP contribution is 2.08. The van der Waals surface area contributed by atoms with Crippen molar-refractivity contribution in [1.29, 1.82) is 0 Å². The van der Waals surface area contributed by atoms with E-state index in [1.807, 2.05) is 0 Å². The summed E-state index contributed by atoms with van der Waals surface area (Å²) in [6.07, 6.45) is 2.41. The van der Waals surface area contributed by atoms with Crippen molar-refractivity contribution in [3.63, 3.8) is 0 Å². The van der Waals surface area contributed by atoms with Gasteiger partial charge in [0.05, 0.1) is 0 Å². The average molecular weight is 171 g/mol. The minimum absolute atomic E-state index is 0.669. The molecule has 0 bridgehead atoms. The van der Waals surface area contributed by atoms with Gasteiger partial charge in [-0.05, 0) is 46.6 Å². The molecule has 12 heavy (non-hydrogen) atoms. The Morgan fingerprint density at radius 3 is 2.75 bits per heavy atom. The molecule has 1 heterocycles. The Hall–Kier alpha value is -0.120. The molecule has 0 saturated carbocycles. The number of nitrogens with zero attached hydrogens (tertiary/aromatic N) is 2. The molecule has 1 unspecified atom stereocenters. The van der Waals surface area contributed by atoms with Crippen molar-refractivity contribution in [2.75, 3.05) is 40.3 Å². The lowest BCUT2D eigenvalue weighted by atomic mass is 10.2. The number of likely N-dealkylation sites (N-methyl/N-ethyl adjacent to an activating group) is 2. The predicted octanol–water partition coefficient (Wildman–Crippen LogP) is -0.0289. The van der Waals surface area contributed by atoms with Gasteiger partial charge in [-0.15, -0.1) is 0 Å². The zero-order chi connectivity index (χ0) is 8.97. The molecular formula is C9H21N3. The Bertz CT molecular complexity index is 127. The first-order chi connectivity index (χ1) is 5.74. The van der Waals surface area contributed by atoms with E-state index in [-0.39, 0.29) is 0 Å². The third-order valence-electron chi connectivity index (χ3n) is 2.70. The molecule has 3 heteroatoms. The molecule has 0 aromatic heterocycles. The fourth-order valence-corrected chi connectivity index (χ4v) is 1.87. The van der Waals surface area contributed by atoms with Crippen molar-refractivity contribution >= 4 is 0 Å². The largest absolute Gasteiger partial charge is 0.330 e. The van der Waals surface area contributed by atoms with Crippen LogP contribution in [-0.4, -0.2) is 56.1 Å². The van der Waals surface area contributed by atoms with Gasteiger partial charge in [-0.25, -0.2) is 0 Å². The SMILES string of the molecule is CN1CCCN(C)C(CCN)C1. The molecule has 1 rings (SSSR count). The fourth-order valence-electron chi connectivity index (χ4n) is 1.87. The third-order valence-corrected chi connectivity index (χ3v) is 2.70. The topological polar surface area (TPSA) is 32.5 Å². The summed E-state index contributed by atoms with van der Waals surface area (Å²) < 4.78 is 0. The molecule has 0 radical (unpaired) electrons. The summed E-state index contributed by atoms with van der Waals surface area (Å²) in [5, 5.41) is 0. The molecule has 72 valence electrons. The smallest absolute Gasteiger partial charge is 0.0232 e. The van der Waals surface area contributed by atoms with Crippen LogP contribution in [0.5, 0.6) is 0 Å². The number of hydrogen-bond donors (Lipinski definition) is 1. The molecule has 1 aliphatic rings. The van der Waals surface area contributed by atoms with Gasteiger partial charge in [-0.3, -0.25) is 0 Å². The van der Waals surface area contributed by atoms with Crippen LogP contribution in [0.15, 0.2) is 0 Å². The molecule has 1 saturated heterocycles. The maximum Gasteiger partial charge on any atom is 0.0232 e. The third kappa shape index (κ3) is 2.73. The Labute approximate surface area is 75.5 Å². The van der Waals surface area contributed by atoms with Gasteiger partial charge in [0, 0.05) is 12.6 Å². The first-order valence-corrected chi connectivity index (χ1v) is 4.83. The average Bonchev–Trinajstić information content (AvgIpc) is 2.16. The Balaban J connectivity index is 2.42. The summed E-state index contributed by atoms with van der Waals surface area (Å²) in [6.45, 7) is 4.43. The second-order valence-electron chi connectivity index (χ2n) is 3.83. The van der Waals surface area contributed by atoms with Gasteiger partial charge in [0.1, 0.15) is 0 Å². The van der Waals surface area contributed by atoms with Crippen LogP contribution in [-0.2, 0) is 0 Å². The first-order valence-electron chi connectivity index (χ1n) is 4.83. The van der Waals surface area contributed by atoms with Crippen LogP contribution in [0.4, 0.5) is 0 Å². The minimum atomic E-state index is 0.669. The molecule has 1 aliphatic heterocycles. The van der Waals surface area contributed by atoms with Crippen molar-refractivity contribution in [3.8, 4) is 0 Å². The molecule has 2 N–H and O–H groups in total. The van der Waals surface area contributed by atoms with Crippen molar-refractivity contribution in [3.05, 3.63) is 0 Å². The standard InChI is InChI=1S/C9H21N3/c1-11-6-3-7-12(2)9(8-11)4-5-10/h9H,3-8,10H2,1-2H3. The van der Waals surface area contributed by atoms with Gasteiger partial charge >= 0.3 is 0 Å². The Morgan fingerprint density at radius 1 is 1.33 bits per heavy atom. The predicted molar refractivity (Wildman–Crippen MR) is 52.2 cm³/mol. The van der Waals surface area contributed by atoms with E-state index in [4.69, 9.17) is 5.73 Å². The van der Waals surface area contributed by atoms with Crippen molar-refractivity contribution < 1.29 is 0 Å². The second kappa shape index (κ2) is 4.80. The number of nitrogens with two attached hydrogens (primary N) is 1. The van der Waals surface area contributed by atoms with Gasteiger partial charge in [-0.2, -0.15) is 0 Å². The Morgan fingerprint density at radius 2 is 2.08 bits per heavy atom. The van der Waals surface area contributed by atoms with Crippen LogP contribution >= 0.6 is 0 Å². The highest BCUT2D eigenvalue weighted by molar-refractivity contribution is 4.76. The minimum Gasteiger partial charge on any atom is -0.330 e. The number of rotatable bonds is 2. The molecule has 1 atom stereocenters. The van der Waals surface area contributed by atoms with Crippen LogP contribution in [0.25, 0.3) is 0 Å². The summed E-state index contributed by atoms with van der Waals surface area (Å²) in [6, 6.07) is 0.669. The van der Waals surface area contributed by atoms with Gasteiger partial charge < -0.3 is 15.5 Å². The fraction of sp³-hybridized carbons (Fsp3) is 1.00. The van der Waals surface area contributed by atoms with Crippen LogP contribution in [0.1, 0.15) is 12.8 Å². The summed E-state index contributed by atoms with van der Waals surface area (Å²) in [7, 11) is 4.40. The molecule has 0 aromatic carbocycles. The van der Waals surface area contributed by atoms with Gasteiger partial charge in [0.2, 0.25) is 0 Å². The summed E-state index contributed by atoms with van der Waals surface area (Å²) in [5.41, 5.74) is 5.57. The molecule has 1 fully saturated rings.